The lowest BCUT2D eigenvalue weighted by Gasteiger charge is -2.08. The molecule has 1 N–H and O–H groups in total. The number of rotatable bonds is 6. The monoisotopic (exact) mass is 363 g/mol. The van der Waals surface area contributed by atoms with Gasteiger partial charge in [0.2, 0.25) is 0 Å². The van der Waals surface area contributed by atoms with Gasteiger partial charge in [-0.2, -0.15) is 23.4 Å². The summed E-state index contributed by atoms with van der Waals surface area (Å²) >= 11 is 5.93. The lowest BCUT2D eigenvalue weighted by molar-refractivity contribution is -0.141. The number of halogens is 4. The quantitative estimate of drug-likeness (QED) is 0.803. The highest BCUT2D eigenvalue weighted by Crippen LogP contribution is 2.28. The summed E-state index contributed by atoms with van der Waals surface area (Å²) in [5, 5.41) is 10.4. The van der Waals surface area contributed by atoms with Gasteiger partial charge in [0.05, 0.1) is 11.2 Å². The van der Waals surface area contributed by atoms with Gasteiger partial charge >= 0.3 is 6.18 Å². The van der Waals surface area contributed by atoms with Crippen molar-refractivity contribution in [2.24, 2.45) is 0 Å². The zero-order valence-corrected chi connectivity index (χ0v) is 13.9. The zero-order chi connectivity index (χ0) is 17.9. The van der Waals surface area contributed by atoms with Crippen LogP contribution in [0.1, 0.15) is 35.2 Å². The fourth-order valence-corrected chi connectivity index (χ4v) is 2.44. The summed E-state index contributed by atoms with van der Waals surface area (Å²) in [6.07, 6.45) is -2.63. The van der Waals surface area contributed by atoms with E-state index in [0.29, 0.717) is 18.7 Å². The molecule has 0 bridgehead atoms. The van der Waals surface area contributed by atoms with Crippen molar-refractivity contribution >= 4 is 17.5 Å². The molecule has 0 saturated carbocycles. The van der Waals surface area contributed by atoms with Crippen LogP contribution in [0.3, 0.4) is 0 Å². The number of carbonyl (C=O) groups excluding carboxylic acids is 1. The highest BCUT2D eigenvalue weighted by atomic mass is 35.5. The number of carbonyl (C=O) groups is 1. The Hall–Kier alpha value is -2.03. The van der Waals surface area contributed by atoms with Crippen molar-refractivity contribution in [3.8, 4) is 0 Å². The first-order valence-corrected chi connectivity index (χ1v) is 7.73. The van der Waals surface area contributed by atoms with Gasteiger partial charge in [-0.05, 0) is 26.3 Å². The van der Waals surface area contributed by atoms with Gasteiger partial charge in [0.25, 0.3) is 5.91 Å². The Morgan fingerprint density at radius 2 is 2.08 bits per heavy atom. The summed E-state index contributed by atoms with van der Waals surface area (Å²) in [5.74, 6) is -0.368. The lowest BCUT2D eigenvalue weighted by Crippen LogP contribution is -2.28. The van der Waals surface area contributed by atoms with Crippen LogP contribution in [0.2, 0.25) is 5.02 Å². The number of nitrogens with one attached hydrogen (secondary N) is 1. The van der Waals surface area contributed by atoms with E-state index in [0.717, 1.165) is 6.07 Å². The number of alkyl halides is 3. The van der Waals surface area contributed by atoms with E-state index in [4.69, 9.17) is 11.6 Å². The third-order valence-corrected chi connectivity index (χ3v) is 3.69. The summed E-state index contributed by atoms with van der Waals surface area (Å²) < 4.78 is 40.5. The molecule has 0 aliphatic heterocycles. The van der Waals surface area contributed by atoms with Crippen molar-refractivity contribution in [2.75, 3.05) is 6.54 Å². The molecule has 0 aromatic carbocycles. The van der Waals surface area contributed by atoms with Crippen LogP contribution in [-0.2, 0) is 19.3 Å². The average Bonchev–Trinajstić information content (AvgIpc) is 3.06. The maximum Gasteiger partial charge on any atom is 0.435 e. The van der Waals surface area contributed by atoms with Gasteiger partial charge in [0.15, 0.2) is 5.69 Å². The number of nitrogens with zero attached hydrogens (tertiary/aromatic N) is 4. The van der Waals surface area contributed by atoms with Gasteiger partial charge < -0.3 is 5.32 Å². The summed E-state index contributed by atoms with van der Waals surface area (Å²) in [6.45, 7) is 4.44. The number of hydrogen-bond acceptors (Lipinski definition) is 3. The number of aryl methyl sites for hydroxylation is 3. The molecule has 0 unspecified atom stereocenters. The van der Waals surface area contributed by atoms with Gasteiger partial charge in [-0.15, -0.1) is 0 Å². The van der Waals surface area contributed by atoms with Crippen LogP contribution in [0, 0.1) is 6.92 Å². The molecule has 1 amide bonds. The van der Waals surface area contributed by atoms with E-state index < -0.39 is 11.9 Å². The van der Waals surface area contributed by atoms with Crippen molar-refractivity contribution in [2.45, 2.75) is 39.5 Å². The number of hydrogen-bond donors (Lipinski definition) is 1. The highest BCUT2D eigenvalue weighted by Gasteiger charge is 2.34. The smallest absolute Gasteiger partial charge is 0.351 e. The molecule has 2 rings (SSSR count). The maximum atomic E-state index is 12.6. The standard InChI is InChI=1S/C14H17ClF3N5O/c1-3-22-12(10(15)8-20-22)13(24)19-5-4-6-23-9(2)7-11(21-23)14(16,17)18/h7-8H,3-6H2,1-2H3,(H,19,24). The summed E-state index contributed by atoms with van der Waals surface area (Å²) in [5.41, 5.74) is -0.225. The third-order valence-electron chi connectivity index (χ3n) is 3.41. The molecule has 0 fully saturated rings. The van der Waals surface area contributed by atoms with E-state index in [-0.39, 0.29) is 29.7 Å². The van der Waals surface area contributed by atoms with Crippen LogP contribution < -0.4 is 5.32 Å². The molecule has 6 nitrogen and oxygen atoms in total. The van der Waals surface area contributed by atoms with E-state index in [1.54, 1.807) is 6.92 Å². The first kappa shape index (κ1) is 18.3. The predicted molar refractivity (Wildman–Crippen MR) is 81.8 cm³/mol. The Morgan fingerprint density at radius 1 is 1.38 bits per heavy atom. The van der Waals surface area contributed by atoms with Crippen molar-refractivity contribution < 1.29 is 18.0 Å². The largest absolute Gasteiger partial charge is 0.435 e. The second-order valence-electron chi connectivity index (χ2n) is 5.16. The summed E-state index contributed by atoms with van der Waals surface area (Å²) in [7, 11) is 0. The Labute approximate surface area is 141 Å². The molecular weight excluding hydrogens is 347 g/mol. The first-order valence-electron chi connectivity index (χ1n) is 7.35. The van der Waals surface area contributed by atoms with Crippen LogP contribution in [0.15, 0.2) is 12.3 Å². The van der Waals surface area contributed by atoms with Crippen molar-refractivity contribution in [1.82, 2.24) is 24.9 Å². The molecule has 0 aliphatic rings. The lowest BCUT2D eigenvalue weighted by atomic mass is 10.3. The van der Waals surface area contributed by atoms with Crippen LogP contribution in [0.4, 0.5) is 13.2 Å². The second kappa shape index (κ2) is 7.25. The van der Waals surface area contributed by atoms with Crippen LogP contribution in [-0.4, -0.2) is 32.0 Å². The summed E-state index contributed by atoms with van der Waals surface area (Å²) in [4.78, 5) is 12.1. The second-order valence-corrected chi connectivity index (χ2v) is 5.57. The SMILES string of the molecule is CCn1ncc(Cl)c1C(=O)NCCCn1nc(C(F)(F)F)cc1C. The fourth-order valence-electron chi connectivity index (χ4n) is 2.22. The molecule has 0 radical (unpaired) electrons. The minimum Gasteiger partial charge on any atom is -0.351 e. The number of aromatic nitrogens is 4. The molecule has 24 heavy (non-hydrogen) atoms. The molecule has 10 heteroatoms. The maximum absolute atomic E-state index is 12.6. The average molecular weight is 364 g/mol. The van der Waals surface area contributed by atoms with E-state index in [2.05, 4.69) is 15.5 Å². The van der Waals surface area contributed by atoms with Crippen LogP contribution in [0.25, 0.3) is 0 Å². The molecule has 132 valence electrons. The van der Waals surface area contributed by atoms with E-state index >= 15 is 0 Å². The molecule has 2 aromatic rings. The van der Waals surface area contributed by atoms with E-state index in [1.807, 2.05) is 6.92 Å². The van der Waals surface area contributed by atoms with Crippen LogP contribution >= 0.6 is 11.6 Å². The van der Waals surface area contributed by atoms with E-state index in [9.17, 15) is 18.0 Å². The van der Waals surface area contributed by atoms with Crippen LogP contribution in [0.5, 0.6) is 0 Å². The fraction of sp³-hybridized carbons (Fsp3) is 0.500. The molecular formula is C14H17ClF3N5O. The molecule has 0 aliphatic carbocycles. The van der Waals surface area contributed by atoms with Crippen molar-refractivity contribution in [1.29, 1.82) is 0 Å². The molecule has 2 aromatic heterocycles. The van der Waals surface area contributed by atoms with Crippen molar-refractivity contribution in [3.05, 3.63) is 34.4 Å². The van der Waals surface area contributed by atoms with Gasteiger partial charge in [-0.25, -0.2) is 0 Å². The minimum atomic E-state index is -4.46. The predicted octanol–water partition coefficient (Wildman–Crippen LogP) is 2.90. The molecule has 2 heterocycles. The van der Waals surface area contributed by atoms with Crippen molar-refractivity contribution in [3.63, 3.8) is 0 Å². The minimum absolute atomic E-state index is 0.257. The topological polar surface area (TPSA) is 64.7 Å². The van der Waals surface area contributed by atoms with Gasteiger partial charge in [-0.1, -0.05) is 11.6 Å². The Morgan fingerprint density at radius 3 is 2.67 bits per heavy atom. The zero-order valence-electron chi connectivity index (χ0n) is 13.2. The normalized spacial score (nSPS) is 11.8. The first-order chi connectivity index (χ1) is 11.2. The number of amides is 1. The van der Waals surface area contributed by atoms with Gasteiger partial charge in [0, 0.05) is 25.3 Å². The Kier molecular flexibility index (Phi) is 5.53. The van der Waals surface area contributed by atoms with Gasteiger partial charge in [-0.3, -0.25) is 14.2 Å². The Bertz CT molecular complexity index is 723. The molecule has 0 saturated heterocycles. The third kappa shape index (κ3) is 4.08. The van der Waals surface area contributed by atoms with Gasteiger partial charge in [0.1, 0.15) is 5.69 Å². The summed E-state index contributed by atoms with van der Waals surface area (Å²) in [6, 6.07) is 0.998. The highest BCUT2D eigenvalue weighted by molar-refractivity contribution is 6.33. The molecule has 0 atom stereocenters. The Balaban J connectivity index is 1.88. The van der Waals surface area contributed by atoms with E-state index in [1.165, 1.54) is 15.6 Å². The molecule has 0 spiro atoms.